The van der Waals surface area contributed by atoms with E-state index in [0.717, 1.165) is 19.5 Å². The van der Waals surface area contributed by atoms with Gasteiger partial charge in [0.1, 0.15) is 0 Å². The first-order valence-electron chi connectivity index (χ1n) is 4.06. The van der Waals surface area contributed by atoms with Crippen molar-refractivity contribution < 1.29 is 0 Å². The van der Waals surface area contributed by atoms with E-state index in [1.165, 1.54) is 11.1 Å². The number of hydrogen-bond donors (Lipinski definition) is 1. The van der Waals surface area contributed by atoms with E-state index in [4.69, 9.17) is 0 Å². The third kappa shape index (κ3) is 2.05. The number of nitrogens with one attached hydrogen (secondary N) is 1. The Morgan fingerprint density at radius 1 is 1.45 bits per heavy atom. The maximum atomic E-state index is 3.69. The highest BCUT2D eigenvalue weighted by atomic mass is 14.9. The summed E-state index contributed by atoms with van der Waals surface area (Å²) >= 11 is 0. The molecule has 1 aliphatic heterocycles. The first kappa shape index (κ1) is 8.28. The molecule has 1 fully saturated rings. The largest absolute Gasteiger partial charge is 0.312 e. The summed E-state index contributed by atoms with van der Waals surface area (Å²) in [5.41, 5.74) is 2.84. The Balaban J connectivity index is 2.74. The van der Waals surface area contributed by atoms with Crippen LogP contribution in [0.4, 0.5) is 0 Å². The summed E-state index contributed by atoms with van der Waals surface area (Å²) in [6.07, 6.45) is 7.28. The minimum atomic E-state index is 0.992. The van der Waals surface area contributed by atoms with Crippen molar-refractivity contribution in [2.45, 2.75) is 13.3 Å². The first-order valence-corrected chi connectivity index (χ1v) is 4.06. The van der Waals surface area contributed by atoms with Crippen LogP contribution in [0, 0.1) is 0 Å². The third-order valence-corrected chi connectivity index (χ3v) is 1.97. The van der Waals surface area contributed by atoms with Crippen LogP contribution in [-0.2, 0) is 0 Å². The van der Waals surface area contributed by atoms with E-state index in [0.29, 0.717) is 0 Å². The molecule has 60 valence electrons. The van der Waals surface area contributed by atoms with E-state index in [1.54, 1.807) is 0 Å². The maximum Gasteiger partial charge on any atom is 0.0208 e. The van der Waals surface area contributed by atoms with Crippen molar-refractivity contribution in [1.29, 1.82) is 0 Å². The van der Waals surface area contributed by atoms with E-state index in [-0.39, 0.29) is 0 Å². The molecule has 0 aliphatic carbocycles. The van der Waals surface area contributed by atoms with Crippen molar-refractivity contribution in [3.05, 3.63) is 36.0 Å². The van der Waals surface area contributed by atoms with E-state index in [2.05, 4.69) is 31.0 Å². The Labute approximate surface area is 68.5 Å². The fourth-order valence-corrected chi connectivity index (χ4v) is 1.36. The standard InChI is InChI=1S/C10H15N/c1-3-5-10-8-11-7-6-9(10)4-2/h3-5,11H,1,6-8H2,2H3/b9-4-,10-5-. The lowest BCUT2D eigenvalue weighted by Gasteiger charge is -2.18. The second kappa shape index (κ2) is 4.14. The Kier molecular flexibility index (Phi) is 3.12. The van der Waals surface area contributed by atoms with Crippen LogP contribution in [-0.4, -0.2) is 13.1 Å². The van der Waals surface area contributed by atoms with Gasteiger partial charge in [-0.05, 0) is 31.0 Å². The van der Waals surface area contributed by atoms with Gasteiger partial charge in [0, 0.05) is 6.54 Å². The van der Waals surface area contributed by atoms with Crippen LogP contribution in [0.15, 0.2) is 36.0 Å². The molecule has 0 amide bonds. The summed E-state index contributed by atoms with van der Waals surface area (Å²) in [6, 6.07) is 0. The van der Waals surface area contributed by atoms with Gasteiger partial charge in [-0.1, -0.05) is 24.8 Å². The molecule has 0 bridgehead atoms. The van der Waals surface area contributed by atoms with Crippen molar-refractivity contribution in [3.63, 3.8) is 0 Å². The molecule has 0 aromatic heterocycles. The smallest absolute Gasteiger partial charge is 0.0208 e. The third-order valence-electron chi connectivity index (χ3n) is 1.97. The lowest BCUT2D eigenvalue weighted by atomic mass is 9.99. The topological polar surface area (TPSA) is 12.0 Å². The molecule has 1 saturated heterocycles. The minimum absolute atomic E-state index is 0.992. The number of allylic oxidation sites excluding steroid dienone is 3. The Morgan fingerprint density at radius 3 is 2.91 bits per heavy atom. The first-order chi connectivity index (χ1) is 5.38. The number of hydrogen-bond acceptors (Lipinski definition) is 1. The van der Waals surface area contributed by atoms with E-state index < -0.39 is 0 Å². The molecule has 0 saturated carbocycles. The second-order valence-corrected chi connectivity index (χ2v) is 2.67. The summed E-state index contributed by atoms with van der Waals surface area (Å²) in [5, 5.41) is 3.33. The summed E-state index contributed by atoms with van der Waals surface area (Å²) in [4.78, 5) is 0. The Morgan fingerprint density at radius 2 is 2.27 bits per heavy atom. The van der Waals surface area contributed by atoms with Crippen LogP contribution < -0.4 is 5.32 Å². The van der Waals surface area contributed by atoms with Gasteiger partial charge in [0.15, 0.2) is 0 Å². The Bertz CT molecular complexity index is 199. The molecular formula is C10H15N. The van der Waals surface area contributed by atoms with Gasteiger partial charge in [-0.15, -0.1) is 0 Å². The zero-order valence-corrected chi connectivity index (χ0v) is 7.06. The summed E-state index contributed by atoms with van der Waals surface area (Å²) in [7, 11) is 0. The molecule has 1 rings (SSSR count). The van der Waals surface area contributed by atoms with Crippen LogP contribution in [0.5, 0.6) is 0 Å². The van der Waals surface area contributed by atoms with Gasteiger partial charge < -0.3 is 5.32 Å². The molecule has 1 aliphatic rings. The van der Waals surface area contributed by atoms with Gasteiger partial charge in [0.2, 0.25) is 0 Å². The van der Waals surface area contributed by atoms with Crippen LogP contribution >= 0.6 is 0 Å². The van der Waals surface area contributed by atoms with Gasteiger partial charge >= 0.3 is 0 Å². The van der Waals surface area contributed by atoms with Gasteiger partial charge in [0.25, 0.3) is 0 Å². The van der Waals surface area contributed by atoms with Crippen LogP contribution in [0.3, 0.4) is 0 Å². The monoisotopic (exact) mass is 149 g/mol. The molecule has 0 atom stereocenters. The summed E-state index contributed by atoms with van der Waals surface area (Å²) < 4.78 is 0. The minimum Gasteiger partial charge on any atom is -0.312 e. The van der Waals surface area contributed by atoms with Crippen LogP contribution in [0.2, 0.25) is 0 Å². The van der Waals surface area contributed by atoms with Crippen LogP contribution in [0.1, 0.15) is 13.3 Å². The van der Waals surface area contributed by atoms with Crippen molar-refractivity contribution in [1.82, 2.24) is 5.32 Å². The van der Waals surface area contributed by atoms with Gasteiger partial charge in [-0.3, -0.25) is 0 Å². The van der Waals surface area contributed by atoms with Crippen molar-refractivity contribution >= 4 is 0 Å². The molecule has 0 aromatic carbocycles. The molecule has 11 heavy (non-hydrogen) atoms. The molecular weight excluding hydrogens is 134 g/mol. The number of rotatable bonds is 1. The lowest BCUT2D eigenvalue weighted by molar-refractivity contribution is 0.682. The van der Waals surface area contributed by atoms with Gasteiger partial charge in [0.05, 0.1) is 0 Å². The van der Waals surface area contributed by atoms with Gasteiger partial charge in [-0.25, -0.2) is 0 Å². The second-order valence-electron chi connectivity index (χ2n) is 2.67. The average molecular weight is 149 g/mol. The maximum absolute atomic E-state index is 3.69. The number of piperidine rings is 1. The Hall–Kier alpha value is -0.820. The molecule has 0 aromatic rings. The van der Waals surface area contributed by atoms with Gasteiger partial charge in [-0.2, -0.15) is 0 Å². The summed E-state index contributed by atoms with van der Waals surface area (Å²) in [5.74, 6) is 0. The molecule has 0 radical (unpaired) electrons. The van der Waals surface area contributed by atoms with Crippen molar-refractivity contribution in [3.8, 4) is 0 Å². The highest BCUT2D eigenvalue weighted by Crippen LogP contribution is 2.16. The van der Waals surface area contributed by atoms with E-state index >= 15 is 0 Å². The quantitative estimate of drug-likeness (QED) is 0.601. The molecule has 1 heteroatoms. The SMILES string of the molecule is C=C/C=C1/CNCC/C1=C/C. The lowest BCUT2D eigenvalue weighted by Crippen LogP contribution is -2.25. The molecule has 0 spiro atoms. The van der Waals surface area contributed by atoms with Crippen molar-refractivity contribution in [2.24, 2.45) is 0 Å². The van der Waals surface area contributed by atoms with E-state index in [9.17, 15) is 0 Å². The summed E-state index contributed by atoms with van der Waals surface area (Å²) in [6.45, 7) is 7.88. The highest BCUT2D eigenvalue weighted by molar-refractivity contribution is 5.35. The fraction of sp³-hybridized carbons (Fsp3) is 0.400. The normalized spacial score (nSPS) is 25.9. The highest BCUT2D eigenvalue weighted by Gasteiger charge is 2.07. The molecule has 1 heterocycles. The predicted octanol–water partition coefficient (Wildman–Crippen LogP) is 2.04. The molecule has 1 N–H and O–H groups in total. The fourth-order valence-electron chi connectivity index (χ4n) is 1.36. The van der Waals surface area contributed by atoms with Crippen LogP contribution in [0.25, 0.3) is 0 Å². The predicted molar refractivity (Wildman–Crippen MR) is 49.5 cm³/mol. The molecule has 1 nitrogen and oxygen atoms in total. The average Bonchev–Trinajstić information content (AvgIpc) is 2.06. The van der Waals surface area contributed by atoms with Crippen molar-refractivity contribution in [2.75, 3.05) is 13.1 Å². The zero-order valence-electron chi connectivity index (χ0n) is 7.06. The van der Waals surface area contributed by atoms with E-state index in [1.807, 2.05) is 6.08 Å². The molecule has 0 unspecified atom stereocenters. The zero-order chi connectivity index (χ0) is 8.10.